The fourth-order valence-corrected chi connectivity index (χ4v) is 3.30. The smallest absolute Gasteiger partial charge is 0.324 e. The number of hydrogen-bond donors (Lipinski definition) is 1. The van der Waals surface area contributed by atoms with Crippen molar-refractivity contribution in [3.8, 4) is 0 Å². The first-order chi connectivity index (χ1) is 9.44. The van der Waals surface area contributed by atoms with E-state index in [9.17, 15) is 13.2 Å². The van der Waals surface area contributed by atoms with E-state index >= 15 is 0 Å². The van der Waals surface area contributed by atoms with Crippen LogP contribution in [-0.4, -0.2) is 26.0 Å². The molecule has 0 fully saturated rings. The Balaban J connectivity index is 2.95. The molecule has 7 heteroatoms. The number of carbonyl (C=O) groups is 1. The molecular formula is C14H20ClNO4S. The van der Waals surface area contributed by atoms with Crippen LogP contribution in [-0.2, 0) is 19.6 Å². The number of sulfonamides is 1. The van der Waals surface area contributed by atoms with Crippen molar-refractivity contribution in [3.63, 3.8) is 0 Å². The van der Waals surface area contributed by atoms with E-state index in [0.29, 0.717) is 10.6 Å². The molecule has 0 saturated heterocycles. The van der Waals surface area contributed by atoms with E-state index in [-0.39, 0.29) is 4.90 Å². The van der Waals surface area contributed by atoms with Gasteiger partial charge in [0.15, 0.2) is 0 Å². The maximum Gasteiger partial charge on any atom is 0.324 e. The van der Waals surface area contributed by atoms with E-state index in [1.165, 1.54) is 13.0 Å². The minimum absolute atomic E-state index is 0.0467. The van der Waals surface area contributed by atoms with Crippen LogP contribution in [0.15, 0.2) is 23.1 Å². The summed E-state index contributed by atoms with van der Waals surface area (Å²) in [6.45, 7) is 8.19. The maximum atomic E-state index is 12.3. The Morgan fingerprint density at radius 1 is 1.33 bits per heavy atom. The summed E-state index contributed by atoms with van der Waals surface area (Å²) in [5.74, 6) is -0.634. The molecule has 0 aromatic heterocycles. The Morgan fingerprint density at radius 3 is 2.43 bits per heavy atom. The second kappa shape index (κ2) is 6.34. The quantitative estimate of drug-likeness (QED) is 0.860. The Morgan fingerprint density at radius 2 is 1.90 bits per heavy atom. The zero-order valence-electron chi connectivity index (χ0n) is 12.7. The SMILES string of the molecule is Cc1c(Cl)cccc1S(=O)(=O)N[C@@H](C)C(=O)OC(C)(C)C. The van der Waals surface area contributed by atoms with Crippen LogP contribution in [0.3, 0.4) is 0 Å². The Hall–Kier alpha value is -1.11. The van der Waals surface area contributed by atoms with Gasteiger partial charge in [-0.25, -0.2) is 8.42 Å². The van der Waals surface area contributed by atoms with E-state index < -0.39 is 27.6 Å². The van der Waals surface area contributed by atoms with Crippen LogP contribution in [0.25, 0.3) is 0 Å². The molecule has 0 aliphatic rings. The lowest BCUT2D eigenvalue weighted by Gasteiger charge is -2.22. The number of ether oxygens (including phenoxy) is 1. The summed E-state index contributed by atoms with van der Waals surface area (Å²) in [5.41, 5.74) is -0.244. The molecular weight excluding hydrogens is 314 g/mol. The molecule has 118 valence electrons. The molecule has 0 aliphatic carbocycles. The van der Waals surface area contributed by atoms with Gasteiger partial charge in [-0.15, -0.1) is 0 Å². The maximum absolute atomic E-state index is 12.3. The minimum atomic E-state index is -3.85. The van der Waals surface area contributed by atoms with Crippen molar-refractivity contribution >= 4 is 27.6 Å². The second-order valence-corrected chi connectivity index (χ2v) is 7.83. The van der Waals surface area contributed by atoms with Crippen molar-refractivity contribution in [1.29, 1.82) is 0 Å². The first-order valence-corrected chi connectivity index (χ1v) is 8.30. The highest BCUT2D eigenvalue weighted by molar-refractivity contribution is 7.89. The molecule has 0 unspecified atom stereocenters. The van der Waals surface area contributed by atoms with Crippen molar-refractivity contribution in [3.05, 3.63) is 28.8 Å². The first kappa shape index (κ1) is 17.9. The molecule has 0 saturated carbocycles. The van der Waals surface area contributed by atoms with Gasteiger partial charge in [-0.3, -0.25) is 4.79 Å². The molecule has 0 radical (unpaired) electrons. The molecule has 1 atom stereocenters. The van der Waals surface area contributed by atoms with Gasteiger partial charge in [-0.2, -0.15) is 4.72 Å². The lowest BCUT2D eigenvalue weighted by Crippen LogP contribution is -2.42. The predicted molar refractivity (Wildman–Crippen MR) is 81.8 cm³/mol. The van der Waals surface area contributed by atoms with Gasteiger partial charge < -0.3 is 4.74 Å². The average molecular weight is 334 g/mol. The third kappa shape index (κ3) is 4.98. The molecule has 1 rings (SSSR count). The normalized spacial score (nSPS) is 13.8. The van der Waals surface area contributed by atoms with E-state index in [1.54, 1.807) is 39.8 Å². The van der Waals surface area contributed by atoms with Gasteiger partial charge >= 0.3 is 5.97 Å². The van der Waals surface area contributed by atoms with Gasteiger partial charge in [0.1, 0.15) is 11.6 Å². The van der Waals surface area contributed by atoms with Crippen LogP contribution >= 0.6 is 11.6 Å². The van der Waals surface area contributed by atoms with Crippen molar-refractivity contribution in [1.82, 2.24) is 4.72 Å². The second-order valence-electron chi connectivity index (χ2n) is 5.74. The van der Waals surface area contributed by atoms with Crippen LogP contribution in [0.2, 0.25) is 5.02 Å². The number of esters is 1. The molecule has 21 heavy (non-hydrogen) atoms. The summed E-state index contributed by atoms with van der Waals surface area (Å²) in [5, 5.41) is 0.350. The van der Waals surface area contributed by atoms with Gasteiger partial charge in [0, 0.05) is 5.02 Å². The highest BCUT2D eigenvalue weighted by Crippen LogP contribution is 2.23. The molecule has 0 amide bonds. The zero-order chi connectivity index (χ0) is 16.4. The van der Waals surface area contributed by atoms with Gasteiger partial charge in [-0.1, -0.05) is 17.7 Å². The summed E-state index contributed by atoms with van der Waals surface area (Å²) in [6.07, 6.45) is 0. The van der Waals surface area contributed by atoms with E-state index in [0.717, 1.165) is 0 Å². The van der Waals surface area contributed by atoms with Crippen molar-refractivity contribution < 1.29 is 17.9 Å². The van der Waals surface area contributed by atoms with E-state index in [2.05, 4.69) is 4.72 Å². The van der Waals surface area contributed by atoms with Crippen LogP contribution in [0.4, 0.5) is 0 Å². The summed E-state index contributed by atoms with van der Waals surface area (Å²) < 4.78 is 32.1. The van der Waals surface area contributed by atoms with Gasteiger partial charge in [0.05, 0.1) is 4.90 Å². The zero-order valence-corrected chi connectivity index (χ0v) is 14.3. The Labute approximate surface area is 130 Å². The monoisotopic (exact) mass is 333 g/mol. The van der Waals surface area contributed by atoms with Crippen molar-refractivity contribution in [2.75, 3.05) is 0 Å². The third-order valence-corrected chi connectivity index (χ3v) is 4.69. The first-order valence-electron chi connectivity index (χ1n) is 6.44. The minimum Gasteiger partial charge on any atom is -0.459 e. The number of nitrogens with one attached hydrogen (secondary N) is 1. The fourth-order valence-electron chi connectivity index (χ4n) is 1.61. The highest BCUT2D eigenvalue weighted by atomic mass is 35.5. The summed E-state index contributed by atoms with van der Waals surface area (Å²) in [4.78, 5) is 11.9. The van der Waals surface area contributed by atoms with Gasteiger partial charge in [0.2, 0.25) is 10.0 Å². The number of rotatable bonds is 4. The lowest BCUT2D eigenvalue weighted by atomic mass is 10.2. The van der Waals surface area contributed by atoms with Crippen LogP contribution in [0, 0.1) is 6.92 Å². The average Bonchev–Trinajstić information content (AvgIpc) is 2.29. The molecule has 5 nitrogen and oxygen atoms in total. The molecule has 0 aliphatic heterocycles. The van der Waals surface area contributed by atoms with Crippen LogP contribution < -0.4 is 4.72 Å². The van der Waals surface area contributed by atoms with Crippen LogP contribution in [0.5, 0.6) is 0 Å². The highest BCUT2D eigenvalue weighted by Gasteiger charge is 2.27. The molecule has 1 aromatic rings. The third-order valence-electron chi connectivity index (χ3n) is 2.60. The number of hydrogen-bond acceptors (Lipinski definition) is 4. The summed E-state index contributed by atoms with van der Waals surface area (Å²) in [7, 11) is -3.85. The topological polar surface area (TPSA) is 72.5 Å². The Kier molecular flexibility index (Phi) is 5.41. The fraction of sp³-hybridized carbons (Fsp3) is 0.500. The number of benzene rings is 1. The van der Waals surface area contributed by atoms with Gasteiger partial charge in [0.25, 0.3) is 0 Å². The summed E-state index contributed by atoms with van der Waals surface area (Å²) in [6, 6.07) is 3.59. The number of halogens is 1. The largest absolute Gasteiger partial charge is 0.459 e. The van der Waals surface area contributed by atoms with Gasteiger partial charge in [-0.05, 0) is 52.3 Å². The van der Waals surface area contributed by atoms with E-state index in [1.807, 2.05) is 0 Å². The summed E-state index contributed by atoms with van der Waals surface area (Å²) >= 11 is 5.92. The predicted octanol–water partition coefficient (Wildman–Crippen LogP) is 2.66. The lowest BCUT2D eigenvalue weighted by molar-refractivity contribution is -0.156. The Bertz CT molecular complexity index is 635. The van der Waals surface area contributed by atoms with Crippen LogP contribution in [0.1, 0.15) is 33.3 Å². The molecule has 1 aromatic carbocycles. The standard InChI is InChI=1S/C14H20ClNO4S/c1-9-11(15)7-6-8-12(9)21(18,19)16-10(2)13(17)20-14(3,4)5/h6-8,10,16H,1-5H3/t10-/m0/s1. The molecule has 0 bridgehead atoms. The molecule has 0 heterocycles. The van der Waals surface area contributed by atoms with Crippen molar-refractivity contribution in [2.45, 2.75) is 51.2 Å². The molecule has 0 spiro atoms. The number of carbonyl (C=O) groups excluding carboxylic acids is 1. The van der Waals surface area contributed by atoms with E-state index in [4.69, 9.17) is 16.3 Å². The van der Waals surface area contributed by atoms with Crippen molar-refractivity contribution in [2.24, 2.45) is 0 Å². The molecule has 1 N–H and O–H groups in total.